The van der Waals surface area contributed by atoms with Gasteiger partial charge in [-0.05, 0) is 47.1 Å². The molecule has 0 bridgehead atoms. The number of carbonyl (C=O) groups excluding carboxylic acids is 1. The molecule has 0 saturated heterocycles. The second kappa shape index (κ2) is 10.7. The summed E-state index contributed by atoms with van der Waals surface area (Å²) in [6, 6.07) is 24.2. The summed E-state index contributed by atoms with van der Waals surface area (Å²) in [4.78, 5) is 15.2. The second-order valence-corrected chi connectivity index (χ2v) is 8.30. The van der Waals surface area contributed by atoms with E-state index in [1.807, 2.05) is 60.7 Å². The van der Waals surface area contributed by atoms with E-state index in [-0.39, 0.29) is 5.91 Å². The Bertz CT molecular complexity index is 950. The maximum atomic E-state index is 12.9. The molecule has 0 spiro atoms. The van der Waals surface area contributed by atoms with Crippen molar-refractivity contribution in [3.8, 4) is 11.5 Å². The van der Waals surface area contributed by atoms with Gasteiger partial charge in [-0.3, -0.25) is 4.79 Å². The van der Waals surface area contributed by atoms with Crippen LogP contribution in [0.2, 0.25) is 0 Å². The van der Waals surface area contributed by atoms with E-state index >= 15 is 0 Å². The Labute approximate surface area is 180 Å². The van der Waals surface area contributed by atoms with Gasteiger partial charge in [-0.1, -0.05) is 48.5 Å². The number of benzene rings is 3. The van der Waals surface area contributed by atoms with Crippen molar-refractivity contribution in [2.75, 3.05) is 26.5 Å². The number of hydrogen-bond acceptors (Lipinski definition) is 4. The number of carbonyl (C=O) groups is 1. The van der Waals surface area contributed by atoms with Crippen LogP contribution in [0, 0.1) is 0 Å². The fourth-order valence-electron chi connectivity index (χ4n) is 2.89. The molecule has 5 nitrogen and oxygen atoms in total. The van der Waals surface area contributed by atoms with Crippen molar-refractivity contribution in [1.82, 2.24) is 4.90 Å². The summed E-state index contributed by atoms with van der Waals surface area (Å²) in [6.45, 7) is 0.757. The van der Waals surface area contributed by atoms with Crippen LogP contribution in [-0.2, 0) is 17.8 Å². The molecule has 1 unspecified atom stereocenters. The van der Waals surface area contributed by atoms with Crippen LogP contribution in [0.1, 0.15) is 15.9 Å². The van der Waals surface area contributed by atoms with Crippen LogP contribution in [0.25, 0.3) is 0 Å². The number of hydrogen-bond donors (Lipinski definition) is 0. The van der Waals surface area contributed by atoms with Crippen LogP contribution in [-0.4, -0.2) is 41.8 Å². The molecule has 3 aromatic rings. The highest BCUT2D eigenvalue weighted by Crippen LogP contribution is 2.29. The monoisotopic (exact) mass is 423 g/mol. The van der Waals surface area contributed by atoms with E-state index in [0.717, 1.165) is 10.5 Å². The average Bonchev–Trinajstić information content (AvgIpc) is 2.81. The molecule has 0 aliphatic rings. The van der Waals surface area contributed by atoms with Gasteiger partial charge in [0.25, 0.3) is 5.91 Å². The summed E-state index contributed by atoms with van der Waals surface area (Å²) < 4.78 is 23.7. The Kier molecular flexibility index (Phi) is 7.76. The van der Waals surface area contributed by atoms with Gasteiger partial charge >= 0.3 is 0 Å². The molecule has 156 valence electrons. The predicted molar refractivity (Wildman–Crippen MR) is 118 cm³/mol. The molecule has 30 heavy (non-hydrogen) atoms. The number of rotatable bonds is 9. The smallest absolute Gasteiger partial charge is 0.253 e. The minimum Gasteiger partial charge on any atom is -0.611 e. The molecule has 0 fully saturated rings. The summed E-state index contributed by atoms with van der Waals surface area (Å²) in [5, 5.41) is 0. The first-order chi connectivity index (χ1) is 14.6. The molecule has 6 heteroatoms. The zero-order chi connectivity index (χ0) is 21.3. The normalized spacial score (nSPS) is 11.6. The van der Waals surface area contributed by atoms with Gasteiger partial charge in [-0.15, -0.1) is 0 Å². The quantitative estimate of drug-likeness (QED) is 0.485. The molecule has 1 atom stereocenters. The minimum absolute atomic E-state index is 0.160. The maximum Gasteiger partial charge on any atom is 0.253 e. The Hall–Kier alpha value is -2.96. The molecule has 0 aliphatic heterocycles. The minimum atomic E-state index is -1.15. The third-order valence-electron chi connectivity index (χ3n) is 4.61. The zero-order valence-electron chi connectivity index (χ0n) is 17.1. The van der Waals surface area contributed by atoms with E-state index in [1.165, 1.54) is 0 Å². The Balaban J connectivity index is 1.64. The number of amides is 1. The number of methoxy groups -OCH3 is 1. The zero-order valence-corrected chi connectivity index (χ0v) is 17.9. The van der Waals surface area contributed by atoms with Gasteiger partial charge in [-0.25, -0.2) is 0 Å². The molecule has 0 N–H and O–H groups in total. The SMILES string of the molecule is COc1ccc(C(=O)N(C)CC[S+]([O-])c2ccccc2)cc1OCc1ccccc1. The highest BCUT2D eigenvalue weighted by Gasteiger charge is 2.18. The molecule has 0 saturated carbocycles. The summed E-state index contributed by atoms with van der Waals surface area (Å²) in [5.41, 5.74) is 1.52. The third-order valence-corrected chi connectivity index (χ3v) is 5.96. The third kappa shape index (κ3) is 5.78. The van der Waals surface area contributed by atoms with E-state index in [1.54, 1.807) is 37.3 Å². The van der Waals surface area contributed by atoms with E-state index < -0.39 is 11.2 Å². The standard InChI is InChI=1S/C24H25NO4S/c1-25(15-16-30(27)21-11-7-4-8-12-21)24(26)20-13-14-22(28-2)23(17-20)29-18-19-9-5-3-6-10-19/h3-14,17H,15-16,18H2,1-2H3. The topological polar surface area (TPSA) is 61.8 Å². The van der Waals surface area contributed by atoms with Crippen molar-refractivity contribution in [2.45, 2.75) is 11.5 Å². The van der Waals surface area contributed by atoms with Gasteiger partial charge in [0.1, 0.15) is 12.4 Å². The van der Waals surface area contributed by atoms with Crippen LogP contribution < -0.4 is 9.47 Å². The van der Waals surface area contributed by atoms with Crippen molar-refractivity contribution >= 4 is 17.1 Å². The maximum absolute atomic E-state index is 12.9. The lowest BCUT2D eigenvalue weighted by molar-refractivity contribution is 0.0802. The fraction of sp³-hybridized carbons (Fsp3) is 0.208. The molecule has 0 aliphatic carbocycles. The fourth-order valence-corrected chi connectivity index (χ4v) is 4.03. The lowest BCUT2D eigenvalue weighted by Gasteiger charge is -2.19. The van der Waals surface area contributed by atoms with Crippen LogP contribution in [0.15, 0.2) is 83.8 Å². The van der Waals surface area contributed by atoms with E-state index in [4.69, 9.17) is 9.47 Å². The van der Waals surface area contributed by atoms with Crippen molar-refractivity contribution in [2.24, 2.45) is 0 Å². The van der Waals surface area contributed by atoms with Crippen LogP contribution >= 0.6 is 0 Å². The molecule has 3 rings (SSSR count). The molecule has 0 heterocycles. The second-order valence-electron chi connectivity index (χ2n) is 6.73. The van der Waals surface area contributed by atoms with Crippen LogP contribution in [0.5, 0.6) is 11.5 Å². The predicted octanol–water partition coefficient (Wildman–Crippen LogP) is 4.15. The van der Waals surface area contributed by atoms with Gasteiger partial charge in [-0.2, -0.15) is 0 Å². The summed E-state index contributed by atoms with van der Waals surface area (Å²) in [6.07, 6.45) is 0. The molecular formula is C24H25NO4S. The highest BCUT2D eigenvalue weighted by atomic mass is 32.2. The summed E-state index contributed by atoms with van der Waals surface area (Å²) in [5.74, 6) is 1.29. The average molecular weight is 424 g/mol. The molecule has 0 radical (unpaired) electrons. The van der Waals surface area contributed by atoms with Crippen molar-refractivity contribution in [3.63, 3.8) is 0 Å². The Morgan fingerprint density at radius 1 is 0.967 bits per heavy atom. The Morgan fingerprint density at radius 3 is 2.30 bits per heavy atom. The first kappa shape index (κ1) is 21.7. The first-order valence-electron chi connectivity index (χ1n) is 9.62. The molecule has 1 amide bonds. The van der Waals surface area contributed by atoms with Crippen LogP contribution in [0.3, 0.4) is 0 Å². The van der Waals surface area contributed by atoms with Crippen molar-refractivity contribution in [3.05, 3.63) is 90.0 Å². The molecule has 3 aromatic carbocycles. The summed E-state index contributed by atoms with van der Waals surface area (Å²) in [7, 11) is 3.27. The Morgan fingerprint density at radius 2 is 1.63 bits per heavy atom. The van der Waals surface area contributed by atoms with Gasteiger partial charge in [0.15, 0.2) is 16.4 Å². The van der Waals surface area contributed by atoms with Crippen molar-refractivity contribution in [1.29, 1.82) is 0 Å². The number of ether oxygens (including phenoxy) is 2. The molecular weight excluding hydrogens is 398 g/mol. The van der Waals surface area contributed by atoms with Crippen molar-refractivity contribution < 1.29 is 18.8 Å². The highest BCUT2D eigenvalue weighted by molar-refractivity contribution is 7.91. The lowest BCUT2D eigenvalue weighted by Crippen LogP contribution is -2.31. The first-order valence-corrected chi connectivity index (χ1v) is 10.9. The lowest BCUT2D eigenvalue weighted by atomic mass is 10.1. The summed E-state index contributed by atoms with van der Waals surface area (Å²) >= 11 is -1.15. The van der Waals surface area contributed by atoms with E-state index in [2.05, 4.69) is 0 Å². The van der Waals surface area contributed by atoms with E-state index in [9.17, 15) is 9.35 Å². The van der Waals surface area contributed by atoms with Gasteiger partial charge in [0, 0.05) is 12.6 Å². The molecule has 0 aromatic heterocycles. The van der Waals surface area contributed by atoms with Gasteiger partial charge < -0.3 is 18.9 Å². The van der Waals surface area contributed by atoms with Gasteiger partial charge in [0.2, 0.25) is 0 Å². The van der Waals surface area contributed by atoms with Crippen LogP contribution in [0.4, 0.5) is 0 Å². The van der Waals surface area contributed by atoms with Gasteiger partial charge in [0.05, 0.1) is 13.7 Å². The largest absolute Gasteiger partial charge is 0.611 e. The number of nitrogens with zero attached hydrogens (tertiary/aromatic N) is 1. The van der Waals surface area contributed by atoms with E-state index in [0.29, 0.717) is 36.0 Å².